The van der Waals surface area contributed by atoms with E-state index in [4.69, 9.17) is 9.84 Å². The Balaban J connectivity index is 2.66. The van der Waals surface area contributed by atoms with Crippen molar-refractivity contribution in [3.8, 4) is 0 Å². The third-order valence-corrected chi connectivity index (χ3v) is 1.89. The van der Waals surface area contributed by atoms with Gasteiger partial charge in [0, 0.05) is 6.07 Å². The number of hydrogen-bond acceptors (Lipinski definition) is 5. The van der Waals surface area contributed by atoms with Gasteiger partial charge < -0.3 is 9.84 Å². The summed E-state index contributed by atoms with van der Waals surface area (Å²) < 4.78 is 4.76. The summed E-state index contributed by atoms with van der Waals surface area (Å²) in [6.07, 6.45) is -0.110. The normalized spacial score (nSPS) is 9.81. The van der Waals surface area contributed by atoms with Crippen LogP contribution in [0.25, 0.3) is 0 Å². The molecule has 0 radical (unpaired) electrons. The van der Waals surface area contributed by atoms with Crippen LogP contribution in [0.1, 0.15) is 12.0 Å². The minimum absolute atomic E-state index is 0.0840. The second-order valence-electron chi connectivity index (χ2n) is 3.02. The van der Waals surface area contributed by atoms with Crippen LogP contribution in [0.3, 0.4) is 0 Å². The van der Waals surface area contributed by atoms with Crippen LogP contribution < -0.4 is 0 Å². The minimum Gasteiger partial charge on any atom is -0.460 e. The molecule has 0 aliphatic rings. The lowest BCUT2D eigenvalue weighted by atomic mass is 10.2. The van der Waals surface area contributed by atoms with Crippen molar-refractivity contribution in [1.29, 1.82) is 0 Å². The molecule has 0 heterocycles. The number of nitrogens with zero attached hydrogens (tertiary/aromatic N) is 1. The van der Waals surface area contributed by atoms with Gasteiger partial charge in [0.15, 0.2) is 0 Å². The summed E-state index contributed by atoms with van der Waals surface area (Å²) in [5, 5.41) is 19.1. The van der Waals surface area contributed by atoms with E-state index in [0.29, 0.717) is 5.56 Å². The Hall–Kier alpha value is -1.95. The van der Waals surface area contributed by atoms with E-state index in [2.05, 4.69) is 0 Å². The number of aliphatic hydroxyl groups is 1. The molecule has 0 amide bonds. The number of aliphatic hydroxyl groups excluding tert-OH is 1. The molecule has 0 unspecified atom stereocenters. The van der Waals surface area contributed by atoms with Crippen molar-refractivity contribution in [2.45, 2.75) is 13.0 Å². The average Bonchev–Trinajstić information content (AvgIpc) is 2.27. The zero-order valence-electron chi connectivity index (χ0n) is 8.46. The average molecular weight is 225 g/mol. The van der Waals surface area contributed by atoms with Gasteiger partial charge in [-0.1, -0.05) is 12.1 Å². The molecule has 0 spiro atoms. The number of nitro benzene ring substituents is 1. The molecule has 1 aromatic rings. The molecule has 0 saturated carbocycles. The molecular weight excluding hydrogens is 214 g/mol. The molecule has 1 rings (SSSR count). The Morgan fingerprint density at radius 2 is 2.12 bits per heavy atom. The lowest BCUT2D eigenvalue weighted by Gasteiger charge is -2.04. The number of benzene rings is 1. The van der Waals surface area contributed by atoms with Gasteiger partial charge in [0.05, 0.1) is 23.5 Å². The number of ether oxygens (including phenoxy) is 1. The maximum Gasteiger partial charge on any atom is 0.308 e. The number of para-hydroxylation sites is 1. The van der Waals surface area contributed by atoms with E-state index in [9.17, 15) is 14.9 Å². The van der Waals surface area contributed by atoms with Crippen LogP contribution in [-0.4, -0.2) is 22.6 Å². The molecule has 0 bridgehead atoms. The quantitative estimate of drug-likeness (QED) is 0.459. The summed E-state index contributed by atoms with van der Waals surface area (Å²) >= 11 is 0. The number of carbonyl (C=O) groups is 1. The van der Waals surface area contributed by atoms with Crippen molar-refractivity contribution >= 4 is 11.7 Å². The fraction of sp³-hybridized carbons (Fsp3) is 0.300. The summed E-state index contributed by atoms with van der Waals surface area (Å²) in [5.74, 6) is -0.583. The standard InChI is InChI=1S/C10H11NO5/c12-6-5-10(13)16-7-8-3-1-2-4-9(8)11(14)15/h1-4,12H,5-7H2. The highest BCUT2D eigenvalue weighted by Gasteiger charge is 2.13. The van der Waals surface area contributed by atoms with Crippen LogP contribution >= 0.6 is 0 Å². The Labute approximate surface area is 91.6 Å². The molecule has 86 valence electrons. The molecule has 0 atom stereocenters. The maximum atomic E-state index is 10.9. The number of nitro groups is 1. The van der Waals surface area contributed by atoms with Crippen LogP contribution in [0, 0.1) is 10.1 Å². The fourth-order valence-corrected chi connectivity index (χ4v) is 1.13. The van der Waals surface area contributed by atoms with Crippen molar-refractivity contribution in [2.75, 3.05) is 6.61 Å². The molecule has 0 aromatic heterocycles. The summed E-state index contributed by atoms with van der Waals surface area (Å²) in [4.78, 5) is 21.0. The van der Waals surface area contributed by atoms with Crippen molar-refractivity contribution in [3.63, 3.8) is 0 Å². The molecule has 1 N–H and O–H groups in total. The van der Waals surface area contributed by atoms with Gasteiger partial charge in [-0.05, 0) is 6.07 Å². The van der Waals surface area contributed by atoms with E-state index in [1.54, 1.807) is 6.07 Å². The first kappa shape index (κ1) is 12.1. The topological polar surface area (TPSA) is 89.7 Å². The molecule has 16 heavy (non-hydrogen) atoms. The van der Waals surface area contributed by atoms with Gasteiger partial charge in [-0.25, -0.2) is 0 Å². The highest BCUT2D eigenvalue weighted by Crippen LogP contribution is 2.18. The van der Waals surface area contributed by atoms with Gasteiger partial charge in [-0.2, -0.15) is 0 Å². The van der Waals surface area contributed by atoms with E-state index < -0.39 is 10.9 Å². The smallest absolute Gasteiger partial charge is 0.308 e. The van der Waals surface area contributed by atoms with Crippen LogP contribution in [0.2, 0.25) is 0 Å². The first-order valence-electron chi connectivity index (χ1n) is 4.64. The second-order valence-corrected chi connectivity index (χ2v) is 3.02. The molecule has 1 aromatic carbocycles. The van der Waals surface area contributed by atoms with E-state index in [0.717, 1.165) is 0 Å². The summed E-state index contributed by atoms with van der Waals surface area (Å²) in [6.45, 7) is -0.453. The first-order valence-corrected chi connectivity index (χ1v) is 4.64. The Morgan fingerprint density at radius 3 is 2.75 bits per heavy atom. The van der Waals surface area contributed by atoms with Crippen LogP contribution in [0.5, 0.6) is 0 Å². The molecule has 6 nitrogen and oxygen atoms in total. The van der Waals surface area contributed by atoms with Gasteiger partial charge in [0.1, 0.15) is 6.61 Å². The predicted molar refractivity (Wildman–Crippen MR) is 54.6 cm³/mol. The zero-order valence-corrected chi connectivity index (χ0v) is 8.46. The van der Waals surface area contributed by atoms with Crippen molar-refractivity contribution < 1.29 is 19.6 Å². The highest BCUT2D eigenvalue weighted by atomic mass is 16.6. The Kier molecular flexibility index (Phi) is 4.41. The second kappa shape index (κ2) is 5.82. The SMILES string of the molecule is O=C(CCO)OCc1ccccc1[N+](=O)[O-]. The summed E-state index contributed by atoms with van der Waals surface area (Å²) in [7, 11) is 0. The number of rotatable bonds is 5. The largest absolute Gasteiger partial charge is 0.460 e. The molecule has 0 aliphatic heterocycles. The molecular formula is C10H11NO5. The van der Waals surface area contributed by atoms with Crippen molar-refractivity contribution in [3.05, 3.63) is 39.9 Å². The third-order valence-electron chi connectivity index (χ3n) is 1.89. The van der Waals surface area contributed by atoms with E-state index in [-0.39, 0.29) is 25.3 Å². The highest BCUT2D eigenvalue weighted by molar-refractivity contribution is 5.69. The monoisotopic (exact) mass is 225 g/mol. The van der Waals surface area contributed by atoms with Crippen LogP contribution in [0.4, 0.5) is 5.69 Å². The zero-order chi connectivity index (χ0) is 12.0. The maximum absolute atomic E-state index is 10.9. The van der Waals surface area contributed by atoms with Crippen molar-refractivity contribution in [1.82, 2.24) is 0 Å². The molecule has 0 aliphatic carbocycles. The number of carbonyl (C=O) groups excluding carboxylic acids is 1. The number of esters is 1. The predicted octanol–water partition coefficient (Wildman–Crippen LogP) is 1.02. The van der Waals surface area contributed by atoms with Gasteiger partial charge in [-0.15, -0.1) is 0 Å². The Morgan fingerprint density at radius 1 is 1.44 bits per heavy atom. The van der Waals surface area contributed by atoms with Gasteiger partial charge in [0.25, 0.3) is 5.69 Å². The van der Waals surface area contributed by atoms with Gasteiger partial charge in [-0.3, -0.25) is 14.9 Å². The van der Waals surface area contributed by atoms with Crippen molar-refractivity contribution in [2.24, 2.45) is 0 Å². The van der Waals surface area contributed by atoms with Crippen LogP contribution in [-0.2, 0) is 16.1 Å². The van der Waals surface area contributed by atoms with Crippen LogP contribution in [0.15, 0.2) is 24.3 Å². The van der Waals surface area contributed by atoms with E-state index >= 15 is 0 Å². The first-order chi connectivity index (χ1) is 7.65. The lowest BCUT2D eigenvalue weighted by Crippen LogP contribution is -2.07. The van der Waals surface area contributed by atoms with E-state index in [1.807, 2.05) is 0 Å². The lowest BCUT2D eigenvalue weighted by molar-refractivity contribution is -0.385. The number of hydrogen-bond donors (Lipinski definition) is 1. The Bertz CT molecular complexity index is 391. The molecule has 0 saturated heterocycles. The minimum atomic E-state index is -0.583. The summed E-state index contributed by atoms with van der Waals surface area (Å²) in [6, 6.07) is 6.03. The van der Waals surface area contributed by atoms with E-state index in [1.165, 1.54) is 18.2 Å². The third kappa shape index (κ3) is 3.32. The van der Waals surface area contributed by atoms with Gasteiger partial charge >= 0.3 is 5.97 Å². The fourth-order valence-electron chi connectivity index (χ4n) is 1.13. The summed E-state index contributed by atoms with van der Waals surface area (Å²) in [5.41, 5.74) is 0.248. The van der Waals surface area contributed by atoms with Gasteiger partial charge in [0.2, 0.25) is 0 Å². The molecule has 0 fully saturated rings. The molecule has 6 heteroatoms.